The maximum absolute atomic E-state index is 13.6. The Bertz CT molecular complexity index is 831. The van der Waals surface area contributed by atoms with Crippen LogP contribution in [-0.4, -0.2) is 91.4 Å². The van der Waals surface area contributed by atoms with Crippen molar-refractivity contribution in [3.8, 4) is 0 Å². The zero-order chi connectivity index (χ0) is 23.3. The van der Waals surface area contributed by atoms with Crippen LogP contribution in [0.2, 0.25) is 0 Å². The van der Waals surface area contributed by atoms with Gasteiger partial charge in [-0.2, -0.15) is 0 Å². The van der Waals surface area contributed by atoms with Crippen LogP contribution in [0.3, 0.4) is 0 Å². The van der Waals surface area contributed by atoms with Gasteiger partial charge in [-0.15, -0.1) is 0 Å². The van der Waals surface area contributed by atoms with E-state index in [1.165, 1.54) is 6.42 Å². The van der Waals surface area contributed by atoms with Gasteiger partial charge in [-0.05, 0) is 68.6 Å². The molecule has 2 heterocycles. The highest BCUT2D eigenvalue weighted by Gasteiger charge is 2.55. The van der Waals surface area contributed by atoms with Gasteiger partial charge in [0, 0.05) is 57.8 Å². The molecule has 5 saturated carbocycles. The van der Waals surface area contributed by atoms with Crippen molar-refractivity contribution in [3.63, 3.8) is 0 Å². The zero-order valence-corrected chi connectivity index (χ0v) is 20.5. The number of methoxy groups -OCH3 is 1. The summed E-state index contributed by atoms with van der Waals surface area (Å²) in [6.07, 6.45) is 10.3. The molecule has 0 aromatic rings. The molecule has 5 aliphatic carbocycles. The van der Waals surface area contributed by atoms with Crippen molar-refractivity contribution in [1.82, 2.24) is 20.4 Å². The number of carbonyl (C=O) groups is 1. The van der Waals surface area contributed by atoms with Gasteiger partial charge < -0.3 is 20.5 Å². The first-order valence-corrected chi connectivity index (χ1v) is 13.5. The highest BCUT2D eigenvalue weighted by atomic mass is 16.5. The third-order valence-electron chi connectivity index (χ3n) is 9.58. The Balaban J connectivity index is 1.12. The summed E-state index contributed by atoms with van der Waals surface area (Å²) in [6.45, 7) is 5.72. The second-order valence-corrected chi connectivity index (χ2v) is 11.8. The minimum Gasteiger partial charge on any atom is -0.390 e. The molecule has 0 aromatic carbocycles. The number of allylic oxidation sites excluding steroid dienone is 1. The predicted molar refractivity (Wildman–Crippen MR) is 130 cm³/mol. The van der Waals surface area contributed by atoms with E-state index in [9.17, 15) is 9.90 Å². The minimum atomic E-state index is -0.469. The van der Waals surface area contributed by atoms with Crippen molar-refractivity contribution in [3.05, 3.63) is 11.3 Å². The van der Waals surface area contributed by atoms with Crippen molar-refractivity contribution >= 4 is 12.1 Å². The SMILES string of the molecule is COCCN1CCN(C2N=CC(C(=O)NC3C4CC5CC3CC(O)(C5)C4)=C(C3CCC3)N2)CC1. The lowest BCUT2D eigenvalue weighted by atomic mass is 9.52. The van der Waals surface area contributed by atoms with E-state index in [0.29, 0.717) is 23.7 Å². The first-order chi connectivity index (χ1) is 16.5. The first kappa shape index (κ1) is 23.0. The van der Waals surface area contributed by atoms with E-state index in [-0.39, 0.29) is 18.2 Å². The fourth-order valence-corrected chi connectivity index (χ4v) is 7.77. The maximum Gasteiger partial charge on any atom is 0.254 e. The van der Waals surface area contributed by atoms with Gasteiger partial charge in [-0.1, -0.05) is 6.42 Å². The van der Waals surface area contributed by atoms with Crippen LogP contribution in [-0.2, 0) is 9.53 Å². The lowest BCUT2D eigenvalue weighted by Crippen LogP contribution is -2.62. The summed E-state index contributed by atoms with van der Waals surface area (Å²) >= 11 is 0. The third-order valence-corrected chi connectivity index (χ3v) is 9.58. The average Bonchev–Trinajstić information content (AvgIpc) is 2.78. The molecule has 7 aliphatic rings. The van der Waals surface area contributed by atoms with Crippen LogP contribution in [0.15, 0.2) is 16.3 Å². The van der Waals surface area contributed by atoms with Crippen molar-refractivity contribution in [2.75, 3.05) is 46.4 Å². The molecule has 8 nitrogen and oxygen atoms in total. The Morgan fingerprint density at radius 2 is 1.94 bits per heavy atom. The molecule has 1 amide bonds. The summed E-state index contributed by atoms with van der Waals surface area (Å²) < 4.78 is 5.22. The number of hydrogen-bond acceptors (Lipinski definition) is 7. The molecule has 188 valence electrons. The highest BCUT2D eigenvalue weighted by Crippen LogP contribution is 2.55. The van der Waals surface area contributed by atoms with Crippen LogP contribution in [0.1, 0.15) is 51.4 Å². The molecule has 0 spiro atoms. The summed E-state index contributed by atoms with van der Waals surface area (Å²) in [4.78, 5) is 23.2. The van der Waals surface area contributed by atoms with Crippen LogP contribution in [0.25, 0.3) is 0 Å². The fourth-order valence-electron chi connectivity index (χ4n) is 7.77. The lowest BCUT2D eigenvalue weighted by molar-refractivity contribution is -0.145. The number of aliphatic imine (C=N–C) groups is 1. The summed E-state index contributed by atoms with van der Waals surface area (Å²) in [7, 11) is 1.76. The Hall–Kier alpha value is -1.48. The van der Waals surface area contributed by atoms with Gasteiger partial charge in [0.1, 0.15) is 0 Å². The Labute approximate surface area is 203 Å². The Kier molecular flexibility index (Phi) is 6.20. The van der Waals surface area contributed by atoms with E-state index in [2.05, 4.69) is 20.4 Å². The monoisotopic (exact) mass is 471 g/mol. The topological polar surface area (TPSA) is 89.4 Å². The number of amides is 1. The van der Waals surface area contributed by atoms with Crippen molar-refractivity contribution in [2.45, 2.75) is 69.3 Å². The Morgan fingerprint density at radius 3 is 2.56 bits per heavy atom. The largest absolute Gasteiger partial charge is 0.390 e. The summed E-state index contributed by atoms with van der Waals surface area (Å²) in [6, 6.07) is 0.200. The molecule has 3 unspecified atom stereocenters. The molecule has 6 fully saturated rings. The Morgan fingerprint density at radius 1 is 1.21 bits per heavy atom. The van der Waals surface area contributed by atoms with Crippen molar-refractivity contribution in [1.29, 1.82) is 0 Å². The van der Waals surface area contributed by atoms with Crippen molar-refractivity contribution < 1.29 is 14.6 Å². The van der Waals surface area contributed by atoms with Gasteiger partial charge in [-0.25, -0.2) is 0 Å². The van der Waals surface area contributed by atoms with Crippen LogP contribution < -0.4 is 10.6 Å². The molecule has 3 atom stereocenters. The molecule has 3 N–H and O–H groups in total. The number of piperazine rings is 1. The molecule has 0 radical (unpaired) electrons. The van der Waals surface area contributed by atoms with Crippen molar-refractivity contribution in [2.24, 2.45) is 28.7 Å². The summed E-state index contributed by atoms with van der Waals surface area (Å²) in [5.41, 5.74) is 1.38. The molecule has 1 saturated heterocycles. The molecular weight excluding hydrogens is 430 g/mol. The quantitative estimate of drug-likeness (QED) is 0.519. The van der Waals surface area contributed by atoms with Gasteiger partial charge in [0.15, 0.2) is 6.29 Å². The van der Waals surface area contributed by atoms with Gasteiger partial charge >= 0.3 is 0 Å². The number of carbonyl (C=O) groups excluding carboxylic acids is 1. The van der Waals surface area contributed by atoms with E-state index < -0.39 is 5.60 Å². The van der Waals surface area contributed by atoms with Crippen LogP contribution in [0.5, 0.6) is 0 Å². The summed E-state index contributed by atoms with van der Waals surface area (Å²) in [5.74, 6) is 1.96. The average molecular weight is 472 g/mol. The van der Waals surface area contributed by atoms with Gasteiger partial charge in [-0.3, -0.25) is 19.6 Å². The summed E-state index contributed by atoms with van der Waals surface area (Å²) in [5, 5.41) is 18.0. The van der Waals surface area contributed by atoms with Crippen LogP contribution in [0.4, 0.5) is 0 Å². The van der Waals surface area contributed by atoms with Gasteiger partial charge in [0.25, 0.3) is 5.91 Å². The second-order valence-electron chi connectivity index (χ2n) is 11.8. The van der Waals surface area contributed by atoms with Gasteiger partial charge in [0.2, 0.25) is 0 Å². The highest BCUT2D eigenvalue weighted by molar-refractivity contribution is 6.13. The molecule has 0 aromatic heterocycles. The molecule has 4 bridgehead atoms. The standard InChI is InChI=1S/C26H41N5O3/c1-34-10-9-30-5-7-31(8-6-30)25-27-16-21(23(29-25)18-3-2-4-18)24(32)28-22-19-11-17-12-20(22)15-26(33,13-17)14-19/h16-20,22,25,29,33H,2-15H2,1H3,(H,28,32). The number of aliphatic hydroxyl groups is 1. The maximum atomic E-state index is 13.6. The lowest BCUT2D eigenvalue weighted by Gasteiger charge is -2.58. The molecule has 34 heavy (non-hydrogen) atoms. The number of nitrogens with zero attached hydrogens (tertiary/aromatic N) is 3. The van der Waals surface area contributed by atoms with Crippen LogP contribution >= 0.6 is 0 Å². The third kappa shape index (κ3) is 4.31. The molecule has 2 aliphatic heterocycles. The minimum absolute atomic E-state index is 0.0328. The first-order valence-electron chi connectivity index (χ1n) is 13.5. The zero-order valence-electron chi connectivity index (χ0n) is 20.5. The second kappa shape index (κ2) is 9.19. The molecule has 8 heteroatoms. The molecule has 7 rings (SSSR count). The molecular formula is C26H41N5O3. The number of ether oxygens (including phenoxy) is 1. The smallest absolute Gasteiger partial charge is 0.254 e. The van der Waals surface area contributed by atoms with Crippen LogP contribution in [0, 0.1) is 23.7 Å². The van der Waals surface area contributed by atoms with E-state index in [0.717, 1.165) is 95.5 Å². The number of hydrogen-bond donors (Lipinski definition) is 3. The number of rotatable bonds is 7. The predicted octanol–water partition coefficient (Wildman–Crippen LogP) is 1.32. The normalized spacial score (nSPS) is 40.4. The van der Waals surface area contributed by atoms with Gasteiger partial charge in [0.05, 0.1) is 17.8 Å². The van der Waals surface area contributed by atoms with E-state index >= 15 is 0 Å². The van der Waals surface area contributed by atoms with E-state index in [1.807, 2.05) is 6.21 Å². The van der Waals surface area contributed by atoms with E-state index in [1.54, 1.807) is 7.11 Å². The van der Waals surface area contributed by atoms with E-state index in [4.69, 9.17) is 9.73 Å². The number of nitrogens with one attached hydrogen (secondary N) is 2. The fraction of sp³-hybridized carbons (Fsp3) is 0.846.